The summed E-state index contributed by atoms with van der Waals surface area (Å²) in [5.74, 6) is 0.0724. The van der Waals surface area contributed by atoms with Gasteiger partial charge in [0.05, 0.1) is 6.54 Å². The minimum Gasteiger partial charge on any atom is -0.342 e. The molecule has 0 bridgehead atoms. The van der Waals surface area contributed by atoms with Gasteiger partial charge in [-0.15, -0.1) is 0 Å². The van der Waals surface area contributed by atoms with Gasteiger partial charge in [0.25, 0.3) is 0 Å². The van der Waals surface area contributed by atoms with Gasteiger partial charge in [-0.05, 0) is 24.7 Å². The molecule has 16 heavy (non-hydrogen) atoms. The first-order chi connectivity index (χ1) is 7.39. The van der Waals surface area contributed by atoms with Crippen LogP contribution in [0.15, 0.2) is 0 Å². The number of nitrogens with zero attached hydrogens (tertiary/aromatic N) is 1. The molecule has 4 nitrogen and oxygen atoms in total. The molecule has 1 aliphatic heterocycles. The van der Waals surface area contributed by atoms with Gasteiger partial charge >= 0.3 is 0 Å². The Morgan fingerprint density at radius 1 is 1.25 bits per heavy atom. The second-order valence-electron chi connectivity index (χ2n) is 5.92. The summed E-state index contributed by atoms with van der Waals surface area (Å²) in [6, 6.07) is -0.0576. The zero-order chi connectivity index (χ0) is 11.9. The molecule has 1 unspecified atom stereocenters. The quantitative estimate of drug-likeness (QED) is 0.720. The van der Waals surface area contributed by atoms with Crippen molar-refractivity contribution in [3.05, 3.63) is 0 Å². The highest BCUT2D eigenvalue weighted by Gasteiger charge is 2.43. The van der Waals surface area contributed by atoms with Crippen molar-refractivity contribution >= 4 is 11.8 Å². The third-order valence-electron chi connectivity index (χ3n) is 3.53. The van der Waals surface area contributed by atoms with Gasteiger partial charge in [0.15, 0.2) is 0 Å². The Labute approximate surface area is 96.4 Å². The topological polar surface area (TPSA) is 49.4 Å². The molecule has 2 fully saturated rings. The van der Waals surface area contributed by atoms with E-state index in [0.29, 0.717) is 6.04 Å². The van der Waals surface area contributed by atoms with E-state index in [1.165, 1.54) is 6.42 Å². The molecule has 0 radical (unpaired) electrons. The van der Waals surface area contributed by atoms with Crippen LogP contribution in [0.25, 0.3) is 0 Å². The van der Waals surface area contributed by atoms with Crippen LogP contribution in [-0.2, 0) is 9.59 Å². The highest BCUT2D eigenvalue weighted by Crippen LogP contribution is 2.30. The molecule has 1 atom stereocenters. The molecule has 0 aromatic carbocycles. The Balaban J connectivity index is 2.15. The Kier molecular flexibility index (Phi) is 2.68. The van der Waals surface area contributed by atoms with E-state index in [9.17, 15) is 9.59 Å². The molecule has 1 saturated heterocycles. The zero-order valence-corrected chi connectivity index (χ0v) is 10.2. The monoisotopic (exact) mass is 224 g/mol. The number of piperazine rings is 1. The van der Waals surface area contributed by atoms with Crippen LogP contribution in [0.4, 0.5) is 0 Å². The van der Waals surface area contributed by atoms with Crippen LogP contribution >= 0.6 is 0 Å². The minimum atomic E-state index is -0.366. The summed E-state index contributed by atoms with van der Waals surface area (Å²) < 4.78 is 0. The summed E-state index contributed by atoms with van der Waals surface area (Å²) in [4.78, 5) is 25.7. The van der Waals surface area contributed by atoms with Crippen molar-refractivity contribution in [2.24, 2.45) is 5.41 Å². The van der Waals surface area contributed by atoms with Crippen molar-refractivity contribution in [1.29, 1.82) is 0 Å². The number of carbonyl (C=O) groups is 2. The van der Waals surface area contributed by atoms with Gasteiger partial charge in [0.1, 0.15) is 6.04 Å². The van der Waals surface area contributed by atoms with Crippen molar-refractivity contribution in [3.8, 4) is 0 Å². The van der Waals surface area contributed by atoms with Crippen LogP contribution in [0.1, 0.15) is 40.0 Å². The summed E-state index contributed by atoms with van der Waals surface area (Å²) in [5, 5.41) is 2.81. The summed E-state index contributed by atoms with van der Waals surface area (Å²) in [6.45, 7) is 6.20. The van der Waals surface area contributed by atoms with Crippen molar-refractivity contribution in [1.82, 2.24) is 10.2 Å². The lowest BCUT2D eigenvalue weighted by Gasteiger charge is -2.45. The van der Waals surface area contributed by atoms with Crippen molar-refractivity contribution < 1.29 is 9.59 Å². The van der Waals surface area contributed by atoms with Crippen LogP contribution in [-0.4, -0.2) is 35.3 Å². The molecule has 0 aromatic rings. The number of amides is 2. The second kappa shape index (κ2) is 3.75. The normalized spacial score (nSPS) is 27.7. The second-order valence-corrected chi connectivity index (χ2v) is 5.92. The lowest BCUT2D eigenvalue weighted by molar-refractivity contribution is -0.151. The maximum atomic E-state index is 12.3. The average Bonchev–Trinajstić information content (AvgIpc) is 2.05. The Hall–Kier alpha value is -1.06. The molecule has 4 heteroatoms. The highest BCUT2D eigenvalue weighted by atomic mass is 16.2. The first-order valence-corrected chi connectivity index (χ1v) is 5.99. The maximum absolute atomic E-state index is 12.3. The fourth-order valence-electron chi connectivity index (χ4n) is 2.26. The molecule has 0 aromatic heterocycles. The van der Waals surface area contributed by atoms with Crippen LogP contribution in [0, 0.1) is 5.41 Å². The number of nitrogens with one attached hydrogen (secondary N) is 1. The van der Waals surface area contributed by atoms with Crippen LogP contribution in [0.2, 0.25) is 0 Å². The van der Waals surface area contributed by atoms with Crippen molar-refractivity contribution in [2.75, 3.05) is 6.54 Å². The third kappa shape index (κ3) is 1.93. The Morgan fingerprint density at radius 2 is 1.88 bits per heavy atom. The van der Waals surface area contributed by atoms with Gasteiger partial charge < -0.3 is 10.2 Å². The minimum absolute atomic E-state index is 0.0218. The first kappa shape index (κ1) is 11.4. The van der Waals surface area contributed by atoms with Gasteiger partial charge in [-0.3, -0.25) is 9.59 Å². The van der Waals surface area contributed by atoms with Gasteiger partial charge in [-0.2, -0.15) is 0 Å². The van der Waals surface area contributed by atoms with Crippen LogP contribution < -0.4 is 5.32 Å². The molecule has 2 aliphatic rings. The fraction of sp³-hybridized carbons (Fsp3) is 0.833. The third-order valence-corrected chi connectivity index (χ3v) is 3.53. The smallest absolute Gasteiger partial charge is 0.246 e. The van der Waals surface area contributed by atoms with E-state index in [4.69, 9.17) is 0 Å². The lowest BCUT2D eigenvalue weighted by Crippen LogP contribution is -2.65. The number of rotatable bonds is 1. The van der Waals surface area contributed by atoms with Gasteiger partial charge in [-0.25, -0.2) is 0 Å². The molecule has 1 heterocycles. The van der Waals surface area contributed by atoms with E-state index >= 15 is 0 Å². The Morgan fingerprint density at radius 3 is 2.31 bits per heavy atom. The van der Waals surface area contributed by atoms with E-state index in [0.717, 1.165) is 12.8 Å². The molecule has 1 saturated carbocycles. The SMILES string of the molecule is CC(C)(C)C1NC(=O)CN(C2CCC2)C1=O. The predicted molar refractivity (Wildman–Crippen MR) is 60.7 cm³/mol. The van der Waals surface area contributed by atoms with Gasteiger partial charge in [0, 0.05) is 6.04 Å². The van der Waals surface area contributed by atoms with E-state index in [1.54, 1.807) is 4.90 Å². The van der Waals surface area contributed by atoms with E-state index in [1.807, 2.05) is 20.8 Å². The van der Waals surface area contributed by atoms with E-state index in [2.05, 4.69) is 5.32 Å². The summed E-state index contributed by atoms with van der Waals surface area (Å²) in [6.07, 6.45) is 3.28. The fourth-order valence-corrected chi connectivity index (χ4v) is 2.26. The van der Waals surface area contributed by atoms with E-state index in [-0.39, 0.29) is 29.8 Å². The number of hydrogen-bond acceptors (Lipinski definition) is 2. The molecule has 0 spiro atoms. The Bertz CT molecular complexity index is 315. The molecule has 90 valence electrons. The largest absolute Gasteiger partial charge is 0.342 e. The summed E-state index contributed by atoms with van der Waals surface area (Å²) in [5.41, 5.74) is -0.213. The molecular formula is C12H20N2O2. The predicted octanol–water partition coefficient (Wildman–Crippen LogP) is 0.912. The number of hydrogen-bond donors (Lipinski definition) is 1. The molecule has 1 N–H and O–H groups in total. The summed E-state index contributed by atoms with van der Waals surface area (Å²) in [7, 11) is 0. The number of carbonyl (C=O) groups excluding carboxylic acids is 2. The van der Waals surface area contributed by atoms with Crippen LogP contribution in [0.3, 0.4) is 0 Å². The van der Waals surface area contributed by atoms with Crippen molar-refractivity contribution in [3.63, 3.8) is 0 Å². The molecular weight excluding hydrogens is 204 g/mol. The van der Waals surface area contributed by atoms with Gasteiger partial charge in [-0.1, -0.05) is 20.8 Å². The first-order valence-electron chi connectivity index (χ1n) is 5.99. The lowest BCUT2D eigenvalue weighted by atomic mass is 9.83. The van der Waals surface area contributed by atoms with Gasteiger partial charge in [0.2, 0.25) is 11.8 Å². The summed E-state index contributed by atoms with van der Waals surface area (Å²) >= 11 is 0. The average molecular weight is 224 g/mol. The highest BCUT2D eigenvalue weighted by molar-refractivity contribution is 5.95. The zero-order valence-electron chi connectivity index (χ0n) is 10.2. The van der Waals surface area contributed by atoms with Crippen molar-refractivity contribution in [2.45, 2.75) is 52.1 Å². The van der Waals surface area contributed by atoms with Crippen LogP contribution in [0.5, 0.6) is 0 Å². The molecule has 1 aliphatic carbocycles. The molecule has 2 rings (SSSR count). The molecule has 2 amide bonds. The standard InChI is InChI=1S/C12H20N2O2/c1-12(2,3)10-11(16)14(7-9(15)13-10)8-5-4-6-8/h8,10H,4-7H2,1-3H3,(H,13,15). The maximum Gasteiger partial charge on any atom is 0.246 e. The van der Waals surface area contributed by atoms with E-state index < -0.39 is 0 Å².